The summed E-state index contributed by atoms with van der Waals surface area (Å²) in [6.45, 7) is 2.07. The van der Waals surface area contributed by atoms with Gasteiger partial charge >= 0.3 is 0 Å². The van der Waals surface area contributed by atoms with Crippen molar-refractivity contribution in [2.45, 2.75) is 38.2 Å². The molecule has 1 amide bonds. The number of aliphatic hydroxyl groups excluding tert-OH is 1. The lowest BCUT2D eigenvalue weighted by atomic mass is 10.0. The summed E-state index contributed by atoms with van der Waals surface area (Å²) in [6.07, 6.45) is 4.52. The van der Waals surface area contributed by atoms with Gasteiger partial charge in [0, 0.05) is 13.2 Å². The quantitative estimate of drug-likeness (QED) is 0.746. The van der Waals surface area contributed by atoms with E-state index >= 15 is 0 Å². The molecule has 0 radical (unpaired) electrons. The number of aliphatic hydroxyl groups is 1. The smallest absolute Gasteiger partial charge is 0.225 e. The van der Waals surface area contributed by atoms with Gasteiger partial charge in [0.05, 0.1) is 18.6 Å². The summed E-state index contributed by atoms with van der Waals surface area (Å²) in [7, 11) is 0. The zero-order chi connectivity index (χ0) is 11.4. The first kappa shape index (κ1) is 11.9. The molecule has 4 heteroatoms. The number of ether oxygens (including phenoxy) is 1. The molecule has 0 spiro atoms. The number of nitrogens with one attached hydrogen (secondary N) is 1. The van der Waals surface area contributed by atoms with Gasteiger partial charge in [0.1, 0.15) is 0 Å². The van der Waals surface area contributed by atoms with Crippen molar-refractivity contribution in [3.8, 4) is 0 Å². The monoisotopic (exact) mass is 227 g/mol. The van der Waals surface area contributed by atoms with Crippen molar-refractivity contribution in [2.24, 2.45) is 11.8 Å². The first-order chi connectivity index (χ1) is 7.75. The second-order valence-electron chi connectivity index (χ2n) is 4.99. The van der Waals surface area contributed by atoms with E-state index in [0.717, 1.165) is 38.7 Å². The molecule has 4 nitrogen and oxygen atoms in total. The molecule has 1 saturated heterocycles. The van der Waals surface area contributed by atoms with Gasteiger partial charge in [0.25, 0.3) is 0 Å². The van der Waals surface area contributed by atoms with E-state index in [9.17, 15) is 9.90 Å². The van der Waals surface area contributed by atoms with Crippen LogP contribution in [0.25, 0.3) is 0 Å². The Balaban J connectivity index is 1.66. The number of carbonyl (C=O) groups excluding carboxylic acids is 1. The Morgan fingerprint density at radius 1 is 1.38 bits per heavy atom. The van der Waals surface area contributed by atoms with E-state index in [1.165, 1.54) is 0 Å². The predicted octanol–water partition coefficient (Wildman–Crippen LogP) is 0.690. The summed E-state index contributed by atoms with van der Waals surface area (Å²) in [6, 6.07) is 0. The number of hydrogen-bond donors (Lipinski definition) is 2. The lowest BCUT2D eigenvalue weighted by molar-refractivity contribution is -0.129. The maximum Gasteiger partial charge on any atom is 0.225 e. The van der Waals surface area contributed by atoms with Crippen LogP contribution in [-0.4, -0.2) is 36.9 Å². The fraction of sp³-hybridized carbons (Fsp3) is 0.917. The minimum atomic E-state index is -0.153. The van der Waals surface area contributed by atoms with Crippen molar-refractivity contribution in [3.63, 3.8) is 0 Å². The second kappa shape index (κ2) is 5.64. The van der Waals surface area contributed by atoms with E-state index in [1.54, 1.807) is 0 Å². The van der Waals surface area contributed by atoms with Crippen LogP contribution in [0.15, 0.2) is 0 Å². The fourth-order valence-corrected chi connectivity index (χ4v) is 2.57. The van der Waals surface area contributed by atoms with Crippen LogP contribution in [0.4, 0.5) is 0 Å². The molecule has 92 valence electrons. The molecule has 2 fully saturated rings. The lowest BCUT2D eigenvalue weighted by Crippen LogP contribution is -2.37. The highest BCUT2D eigenvalue weighted by Gasteiger charge is 2.25. The summed E-state index contributed by atoms with van der Waals surface area (Å²) >= 11 is 0. The predicted molar refractivity (Wildman–Crippen MR) is 59.9 cm³/mol. The Morgan fingerprint density at radius 3 is 2.88 bits per heavy atom. The highest BCUT2D eigenvalue weighted by Crippen LogP contribution is 2.24. The molecule has 2 rings (SSSR count). The van der Waals surface area contributed by atoms with Crippen LogP contribution in [0.5, 0.6) is 0 Å². The van der Waals surface area contributed by atoms with Crippen LogP contribution in [0, 0.1) is 11.8 Å². The van der Waals surface area contributed by atoms with Crippen LogP contribution in [0.1, 0.15) is 32.1 Å². The zero-order valence-electron chi connectivity index (χ0n) is 9.65. The molecule has 0 aromatic rings. The van der Waals surface area contributed by atoms with Crippen LogP contribution >= 0.6 is 0 Å². The van der Waals surface area contributed by atoms with Gasteiger partial charge in [-0.1, -0.05) is 0 Å². The van der Waals surface area contributed by atoms with Crippen molar-refractivity contribution in [3.05, 3.63) is 0 Å². The number of hydrogen-bond acceptors (Lipinski definition) is 3. The molecule has 3 unspecified atom stereocenters. The van der Waals surface area contributed by atoms with Gasteiger partial charge in [0.2, 0.25) is 5.91 Å². The van der Waals surface area contributed by atoms with Crippen molar-refractivity contribution in [1.29, 1.82) is 0 Å². The van der Waals surface area contributed by atoms with Crippen LogP contribution < -0.4 is 5.32 Å². The number of amides is 1. The Kier molecular flexibility index (Phi) is 4.18. The molecule has 16 heavy (non-hydrogen) atoms. The fourth-order valence-electron chi connectivity index (χ4n) is 2.57. The Labute approximate surface area is 96.4 Å². The third-order valence-corrected chi connectivity index (χ3v) is 3.61. The summed E-state index contributed by atoms with van der Waals surface area (Å²) in [4.78, 5) is 11.8. The summed E-state index contributed by atoms with van der Waals surface area (Å²) in [5, 5.41) is 12.4. The standard InChI is InChI=1S/C12H21NO3/c14-11-4-3-9(6-11)7-13-12(15)10-2-1-5-16-8-10/h9-11,14H,1-8H2,(H,13,15). The van der Waals surface area contributed by atoms with E-state index in [4.69, 9.17) is 4.74 Å². The van der Waals surface area contributed by atoms with Gasteiger partial charge in [-0.15, -0.1) is 0 Å². The molecule has 0 bridgehead atoms. The maximum absolute atomic E-state index is 11.8. The van der Waals surface area contributed by atoms with Crippen molar-refractivity contribution < 1.29 is 14.6 Å². The largest absolute Gasteiger partial charge is 0.393 e. The van der Waals surface area contributed by atoms with Gasteiger partial charge in [-0.3, -0.25) is 4.79 Å². The average molecular weight is 227 g/mol. The summed E-state index contributed by atoms with van der Waals surface area (Å²) in [5.41, 5.74) is 0. The first-order valence-corrected chi connectivity index (χ1v) is 6.29. The van der Waals surface area contributed by atoms with E-state index < -0.39 is 0 Å². The van der Waals surface area contributed by atoms with Crippen molar-refractivity contribution in [2.75, 3.05) is 19.8 Å². The minimum absolute atomic E-state index is 0.0417. The average Bonchev–Trinajstić information content (AvgIpc) is 2.73. The van der Waals surface area contributed by atoms with Gasteiger partial charge in [0.15, 0.2) is 0 Å². The van der Waals surface area contributed by atoms with Gasteiger partial charge in [-0.05, 0) is 38.0 Å². The maximum atomic E-state index is 11.8. The highest BCUT2D eigenvalue weighted by molar-refractivity contribution is 5.78. The summed E-state index contributed by atoms with van der Waals surface area (Å²) in [5.74, 6) is 0.629. The third-order valence-electron chi connectivity index (χ3n) is 3.61. The van der Waals surface area contributed by atoms with Crippen LogP contribution in [-0.2, 0) is 9.53 Å². The highest BCUT2D eigenvalue weighted by atomic mass is 16.5. The molecule has 1 saturated carbocycles. The second-order valence-corrected chi connectivity index (χ2v) is 4.99. The number of rotatable bonds is 3. The van der Waals surface area contributed by atoms with Gasteiger partial charge < -0.3 is 15.2 Å². The van der Waals surface area contributed by atoms with Crippen molar-refractivity contribution >= 4 is 5.91 Å². The van der Waals surface area contributed by atoms with Gasteiger partial charge in [-0.25, -0.2) is 0 Å². The third kappa shape index (κ3) is 3.19. The molecule has 2 N–H and O–H groups in total. The van der Waals surface area contributed by atoms with E-state index in [2.05, 4.69) is 5.32 Å². The Hall–Kier alpha value is -0.610. The molecule has 1 aliphatic heterocycles. The molecular weight excluding hydrogens is 206 g/mol. The zero-order valence-corrected chi connectivity index (χ0v) is 9.65. The lowest BCUT2D eigenvalue weighted by Gasteiger charge is -2.22. The number of carbonyl (C=O) groups is 1. The van der Waals surface area contributed by atoms with Crippen LogP contribution in [0.3, 0.4) is 0 Å². The minimum Gasteiger partial charge on any atom is -0.393 e. The molecule has 1 aliphatic carbocycles. The summed E-state index contributed by atoms with van der Waals surface area (Å²) < 4.78 is 5.29. The molecule has 3 atom stereocenters. The van der Waals surface area contributed by atoms with Crippen LogP contribution in [0.2, 0.25) is 0 Å². The molecule has 0 aromatic carbocycles. The topological polar surface area (TPSA) is 58.6 Å². The van der Waals surface area contributed by atoms with E-state index in [1.807, 2.05) is 0 Å². The van der Waals surface area contributed by atoms with Crippen molar-refractivity contribution in [1.82, 2.24) is 5.32 Å². The molecule has 2 aliphatic rings. The molecule has 1 heterocycles. The Bertz CT molecular complexity index is 238. The van der Waals surface area contributed by atoms with Gasteiger partial charge in [-0.2, -0.15) is 0 Å². The molecular formula is C12H21NO3. The van der Waals surface area contributed by atoms with E-state index in [0.29, 0.717) is 19.1 Å². The normalized spacial score (nSPS) is 34.9. The first-order valence-electron chi connectivity index (χ1n) is 6.29. The van der Waals surface area contributed by atoms with E-state index in [-0.39, 0.29) is 17.9 Å². The SMILES string of the molecule is O=C(NCC1CCC(O)C1)C1CCCOC1. The Morgan fingerprint density at radius 2 is 2.25 bits per heavy atom. The molecule has 0 aromatic heterocycles.